The highest BCUT2D eigenvalue weighted by Gasteiger charge is 2.32. The Labute approximate surface area is 127 Å². The van der Waals surface area contributed by atoms with Gasteiger partial charge in [0, 0.05) is 38.8 Å². The lowest BCUT2D eigenvalue weighted by atomic mass is 10.00. The molecule has 1 unspecified atom stereocenters. The molecule has 0 aromatic rings. The summed E-state index contributed by atoms with van der Waals surface area (Å²) in [7, 11) is 3.74. The van der Waals surface area contributed by atoms with Crippen LogP contribution in [-0.2, 0) is 9.59 Å². The molecule has 0 aromatic heterocycles. The number of carbonyl (C=O) groups excluding carboxylic acids is 2. The molecule has 0 bridgehead atoms. The normalized spacial score (nSPS) is 25.9. The molecule has 2 heterocycles. The van der Waals surface area contributed by atoms with Crippen molar-refractivity contribution in [2.24, 2.45) is 0 Å². The molecule has 2 saturated heterocycles. The van der Waals surface area contributed by atoms with E-state index in [2.05, 4.69) is 29.1 Å². The molecular formula is C15H28N4O2. The van der Waals surface area contributed by atoms with E-state index in [1.807, 2.05) is 4.90 Å². The number of carbonyl (C=O) groups is 2. The van der Waals surface area contributed by atoms with E-state index >= 15 is 0 Å². The summed E-state index contributed by atoms with van der Waals surface area (Å²) in [5, 5.41) is 2.51. The van der Waals surface area contributed by atoms with Crippen molar-refractivity contribution >= 4 is 11.8 Å². The van der Waals surface area contributed by atoms with E-state index in [4.69, 9.17) is 0 Å². The summed E-state index contributed by atoms with van der Waals surface area (Å²) in [6, 6.07) is 1.02. The number of nitrogens with one attached hydrogen (secondary N) is 1. The first-order valence-corrected chi connectivity index (χ1v) is 7.94. The van der Waals surface area contributed by atoms with Crippen LogP contribution in [0.4, 0.5) is 0 Å². The Kier molecular flexibility index (Phi) is 5.58. The number of nitrogens with zero attached hydrogens (tertiary/aromatic N) is 3. The zero-order valence-corrected chi connectivity index (χ0v) is 13.5. The van der Waals surface area contributed by atoms with Crippen LogP contribution in [-0.4, -0.2) is 85.4 Å². The molecule has 2 fully saturated rings. The van der Waals surface area contributed by atoms with Gasteiger partial charge in [0.1, 0.15) is 6.42 Å². The third kappa shape index (κ3) is 4.17. The zero-order valence-electron chi connectivity index (χ0n) is 13.5. The maximum absolute atomic E-state index is 12.1. The van der Waals surface area contributed by atoms with Crippen molar-refractivity contribution in [2.45, 2.75) is 38.3 Å². The molecule has 2 aliphatic heterocycles. The second-order valence-corrected chi connectivity index (χ2v) is 6.31. The molecular weight excluding hydrogens is 268 g/mol. The van der Waals surface area contributed by atoms with Crippen molar-refractivity contribution in [2.75, 3.05) is 46.8 Å². The summed E-state index contributed by atoms with van der Waals surface area (Å²) in [5.41, 5.74) is 0. The summed E-state index contributed by atoms with van der Waals surface area (Å²) in [5.74, 6) is -0.255. The van der Waals surface area contributed by atoms with Crippen molar-refractivity contribution in [3.8, 4) is 0 Å². The van der Waals surface area contributed by atoms with Gasteiger partial charge in [-0.05, 0) is 39.9 Å². The first-order valence-electron chi connectivity index (χ1n) is 7.94. The minimum atomic E-state index is -0.203. The van der Waals surface area contributed by atoms with Crippen LogP contribution < -0.4 is 5.32 Å². The first-order chi connectivity index (χ1) is 10.0. The minimum Gasteiger partial charge on any atom is -0.359 e. The Morgan fingerprint density at radius 1 is 1.14 bits per heavy atom. The van der Waals surface area contributed by atoms with Gasteiger partial charge in [0.25, 0.3) is 0 Å². The van der Waals surface area contributed by atoms with Gasteiger partial charge in [-0.1, -0.05) is 0 Å². The maximum Gasteiger partial charge on any atom is 0.232 e. The molecule has 1 atom stereocenters. The van der Waals surface area contributed by atoms with Crippen LogP contribution in [0, 0.1) is 0 Å². The molecule has 1 N–H and O–H groups in total. The largest absolute Gasteiger partial charge is 0.359 e. The van der Waals surface area contributed by atoms with Crippen molar-refractivity contribution in [1.82, 2.24) is 20.0 Å². The molecule has 0 radical (unpaired) electrons. The molecule has 2 amide bonds. The molecule has 0 saturated carbocycles. The Bertz CT molecular complexity index is 380. The lowest BCUT2D eigenvalue weighted by Gasteiger charge is -2.46. The summed E-state index contributed by atoms with van der Waals surface area (Å²) in [4.78, 5) is 30.2. The number of rotatable bonds is 3. The maximum atomic E-state index is 12.1. The van der Waals surface area contributed by atoms with Gasteiger partial charge in [-0.2, -0.15) is 0 Å². The summed E-state index contributed by atoms with van der Waals surface area (Å²) < 4.78 is 0. The first kappa shape index (κ1) is 16.2. The topological polar surface area (TPSA) is 55.9 Å². The number of likely N-dealkylation sites (tertiary alicyclic amines) is 1. The van der Waals surface area contributed by atoms with Gasteiger partial charge in [0.05, 0.1) is 0 Å². The van der Waals surface area contributed by atoms with E-state index in [1.54, 1.807) is 7.05 Å². The molecule has 120 valence electrons. The molecule has 0 aromatic carbocycles. The number of amides is 2. The summed E-state index contributed by atoms with van der Waals surface area (Å²) >= 11 is 0. The minimum absolute atomic E-state index is 0.0303. The van der Waals surface area contributed by atoms with Crippen LogP contribution in [0.2, 0.25) is 0 Å². The molecule has 2 rings (SSSR count). The number of hydrogen-bond acceptors (Lipinski definition) is 4. The monoisotopic (exact) mass is 296 g/mol. The molecule has 21 heavy (non-hydrogen) atoms. The molecule has 0 spiro atoms. The Balaban J connectivity index is 1.84. The lowest BCUT2D eigenvalue weighted by Crippen LogP contribution is -2.58. The second kappa shape index (κ2) is 7.22. The van der Waals surface area contributed by atoms with Crippen LogP contribution in [0.25, 0.3) is 0 Å². The average Bonchev–Trinajstić information content (AvgIpc) is 2.48. The van der Waals surface area contributed by atoms with Crippen molar-refractivity contribution in [3.63, 3.8) is 0 Å². The highest BCUT2D eigenvalue weighted by Crippen LogP contribution is 2.21. The van der Waals surface area contributed by atoms with E-state index in [0.29, 0.717) is 12.1 Å². The summed E-state index contributed by atoms with van der Waals surface area (Å²) in [6.45, 7) is 6.92. The van der Waals surface area contributed by atoms with Crippen molar-refractivity contribution in [1.29, 1.82) is 0 Å². The van der Waals surface area contributed by atoms with Crippen LogP contribution in [0.5, 0.6) is 0 Å². The van der Waals surface area contributed by atoms with E-state index in [9.17, 15) is 9.59 Å². The van der Waals surface area contributed by atoms with Crippen LogP contribution >= 0.6 is 0 Å². The SMILES string of the molecule is CNC(=O)CC(=O)N1CCN(C2CCN(C)CC2)C(C)C1. The van der Waals surface area contributed by atoms with Gasteiger partial charge < -0.3 is 15.1 Å². The average molecular weight is 296 g/mol. The summed E-state index contributed by atoms with van der Waals surface area (Å²) in [6.07, 6.45) is 2.40. The predicted molar refractivity (Wildman–Crippen MR) is 82.0 cm³/mol. The fourth-order valence-electron chi connectivity index (χ4n) is 3.40. The Morgan fingerprint density at radius 3 is 2.38 bits per heavy atom. The fourth-order valence-corrected chi connectivity index (χ4v) is 3.40. The van der Waals surface area contributed by atoms with Crippen LogP contribution in [0.15, 0.2) is 0 Å². The smallest absolute Gasteiger partial charge is 0.232 e. The number of piperazine rings is 1. The van der Waals surface area contributed by atoms with E-state index in [-0.39, 0.29) is 18.2 Å². The molecule has 6 nitrogen and oxygen atoms in total. The third-order valence-corrected chi connectivity index (χ3v) is 4.78. The lowest BCUT2D eigenvalue weighted by molar-refractivity contribution is -0.138. The van der Waals surface area contributed by atoms with Gasteiger partial charge in [-0.25, -0.2) is 0 Å². The van der Waals surface area contributed by atoms with E-state index < -0.39 is 0 Å². The van der Waals surface area contributed by atoms with Crippen molar-refractivity contribution in [3.05, 3.63) is 0 Å². The zero-order chi connectivity index (χ0) is 15.4. The van der Waals surface area contributed by atoms with Crippen LogP contribution in [0.1, 0.15) is 26.2 Å². The fraction of sp³-hybridized carbons (Fsp3) is 0.867. The Morgan fingerprint density at radius 2 is 1.81 bits per heavy atom. The van der Waals surface area contributed by atoms with Crippen molar-refractivity contribution < 1.29 is 9.59 Å². The van der Waals surface area contributed by atoms with Crippen LogP contribution in [0.3, 0.4) is 0 Å². The highest BCUT2D eigenvalue weighted by atomic mass is 16.2. The van der Waals surface area contributed by atoms with Gasteiger partial charge in [-0.3, -0.25) is 14.5 Å². The highest BCUT2D eigenvalue weighted by molar-refractivity contribution is 5.96. The molecule has 0 aliphatic carbocycles. The number of hydrogen-bond donors (Lipinski definition) is 1. The standard InChI is InChI=1S/C15H28N4O2/c1-12-11-18(15(21)10-14(20)16-2)8-9-19(12)13-4-6-17(3)7-5-13/h12-13H,4-11H2,1-3H3,(H,16,20). The van der Waals surface area contributed by atoms with Gasteiger partial charge in [0.2, 0.25) is 11.8 Å². The number of piperidine rings is 1. The van der Waals surface area contributed by atoms with Gasteiger partial charge in [0.15, 0.2) is 0 Å². The molecule has 2 aliphatic rings. The van der Waals surface area contributed by atoms with Gasteiger partial charge >= 0.3 is 0 Å². The Hall–Kier alpha value is -1.14. The second-order valence-electron chi connectivity index (χ2n) is 6.31. The van der Waals surface area contributed by atoms with Gasteiger partial charge in [-0.15, -0.1) is 0 Å². The van der Waals surface area contributed by atoms with E-state index in [1.165, 1.54) is 12.8 Å². The quantitative estimate of drug-likeness (QED) is 0.730. The predicted octanol–water partition coefficient (Wildman–Crippen LogP) is -0.251. The van der Waals surface area contributed by atoms with E-state index in [0.717, 1.165) is 32.7 Å². The third-order valence-electron chi connectivity index (χ3n) is 4.78. The molecule has 6 heteroatoms.